The number of hydrogen-bond acceptors (Lipinski definition) is 2. The molecule has 0 bridgehead atoms. The van der Waals surface area contributed by atoms with E-state index < -0.39 is 5.60 Å². The van der Waals surface area contributed by atoms with Gasteiger partial charge in [0.15, 0.2) is 0 Å². The Bertz CT molecular complexity index is 271. The lowest BCUT2D eigenvalue weighted by molar-refractivity contribution is -0.198. The van der Waals surface area contributed by atoms with Crippen LogP contribution in [0.25, 0.3) is 0 Å². The zero-order valence-electron chi connectivity index (χ0n) is 11.6. The summed E-state index contributed by atoms with van der Waals surface area (Å²) in [5, 5.41) is 0. The van der Waals surface area contributed by atoms with Gasteiger partial charge in [0.05, 0.1) is 12.1 Å². The minimum Gasteiger partial charge on any atom is -0.360 e. The Morgan fingerprint density at radius 3 is 2.06 bits per heavy atom. The standard InChI is InChI=1S/C13H25NO2/c1-8(2)10-11(9(3)4)16-13(5,6)12(15)14(10)7/h8-11H,1-7H3. The number of morpholine rings is 1. The molecule has 1 saturated heterocycles. The van der Waals surface area contributed by atoms with Crippen LogP contribution in [-0.2, 0) is 9.53 Å². The summed E-state index contributed by atoms with van der Waals surface area (Å²) >= 11 is 0. The summed E-state index contributed by atoms with van der Waals surface area (Å²) < 4.78 is 6.00. The summed E-state index contributed by atoms with van der Waals surface area (Å²) in [5.41, 5.74) is -0.685. The first kappa shape index (κ1) is 13.5. The molecule has 0 aromatic carbocycles. The van der Waals surface area contributed by atoms with E-state index in [1.165, 1.54) is 0 Å². The largest absolute Gasteiger partial charge is 0.360 e. The number of ether oxygens (including phenoxy) is 1. The zero-order valence-corrected chi connectivity index (χ0v) is 11.6. The molecule has 1 rings (SSSR count). The van der Waals surface area contributed by atoms with Gasteiger partial charge in [-0.2, -0.15) is 0 Å². The van der Waals surface area contributed by atoms with Gasteiger partial charge >= 0.3 is 0 Å². The van der Waals surface area contributed by atoms with E-state index >= 15 is 0 Å². The Morgan fingerprint density at radius 1 is 1.19 bits per heavy atom. The third-order valence-corrected chi connectivity index (χ3v) is 3.39. The molecule has 0 aromatic heterocycles. The van der Waals surface area contributed by atoms with E-state index in [0.29, 0.717) is 11.8 Å². The number of amides is 1. The molecule has 94 valence electrons. The molecule has 0 N–H and O–H groups in total. The molecule has 0 radical (unpaired) electrons. The van der Waals surface area contributed by atoms with Gasteiger partial charge in [-0.1, -0.05) is 27.7 Å². The monoisotopic (exact) mass is 227 g/mol. The normalized spacial score (nSPS) is 30.3. The average molecular weight is 227 g/mol. The number of hydrogen-bond donors (Lipinski definition) is 0. The summed E-state index contributed by atoms with van der Waals surface area (Å²) in [6.45, 7) is 12.3. The molecule has 1 fully saturated rings. The SMILES string of the molecule is CC(C)C1OC(C)(C)C(=O)N(C)C1C(C)C. The number of likely N-dealkylation sites (N-methyl/N-ethyl adjacent to an activating group) is 1. The summed E-state index contributed by atoms with van der Waals surface area (Å²) in [6.07, 6.45) is 0.123. The highest BCUT2D eigenvalue weighted by atomic mass is 16.5. The van der Waals surface area contributed by atoms with Crippen molar-refractivity contribution in [3.05, 3.63) is 0 Å². The van der Waals surface area contributed by atoms with Gasteiger partial charge in [0.1, 0.15) is 5.60 Å². The molecule has 3 heteroatoms. The van der Waals surface area contributed by atoms with Gasteiger partial charge in [-0.15, -0.1) is 0 Å². The van der Waals surface area contributed by atoms with Gasteiger partial charge in [0, 0.05) is 7.05 Å². The van der Waals surface area contributed by atoms with Crippen LogP contribution in [0, 0.1) is 11.8 Å². The first-order valence-electron chi connectivity index (χ1n) is 6.13. The van der Waals surface area contributed by atoms with Crippen molar-refractivity contribution in [3.8, 4) is 0 Å². The fraction of sp³-hybridized carbons (Fsp3) is 0.923. The van der Waals surface area contributed by atoms with Crippen LogP contribution >= 0.6 is 0 Å². The second-order valence-electron chi connectivity index (χ2n) is 5.99. The van der Waals surface area contributed by atoms with Crippen LogP contribution in [0.1, 0.15) is 41.5 Å². The summed E-state index contributed by atoms with van der Waals surface area (Å²) in [7, 11) is 1.90. The maximum atomic E-state index is 12.1. The van der Waals surface area contributed by atoms with E-state index in [-0.39, 0.29) is 18.1 Å². The van der Waals surface area contributed by atoms with E-state index in [4.69, 9.17) is 4.74 Å². The van der Waals surface area contributed by atoms with Gasteiger partial charge in [0.25, 0.3) is 5.91 Å². The van der Waals surface area contributed by atoms with Crippen LogP contribution in [0.15, 0.2) is 0 Å². The predicted octanol–water partition coefficient (Wildman–Crippen LogP) is 2.30. The quantitative estimate of drug-likeness (QED) is 0.724. The van der Waals surface area contributed by atoms with E-state index in [2.05, 4.69) is 27.7 Å². The lowest BCUT2D eigenvalue weighted by Crippen LogP contribution is -2.63. The van der Waals surface area contributed by atoms with E-state index in [0.717, 1.165) is 0 Å². The van der Waals surface area contributed by atoms with Crippen LogP contribution in [-0.4, -0.2) is 35.6 Å². The van der Waals surface area contributed by atoms with E-state index in [1.54, 1.807) is 0 Å². The second kappa shape index (κ2) is 4.36. The van der Waals surface area contributed by atoms with Gasteiger partial charge in [-0.25, -0.2) is 0 Å². The Hall–Kier alpha value is -0.570. The Kier molecular flexibility index (Phi) is 3.68. The Labute approximate surface area is 99.1 Å². The van der Waals surface area contributed by atoms with Crippen molar-refractivity contribution in [1.82, 2.24) is 4.90 Å². The lowest BCUT2D eigenvalue weighted by Gasteiger charge is -2.49. The molecule has 0 saturated carbocycles. The maximum absolute atomic E-state index is 12.1. The van der Waals surface area contributed by atoms with E-state index in [1.807, 2.05) is 25.8 Å². The van der Waals surface area contributed by atoms with Gasteiger partial charge in [-0.3, -0.25) is 4.79 Å². The fourth-order valence-electron chi connectivity index (χ4n) is 2.60. The molecule has 2 atom stereocenters. The topological polar surface area (TPSA) is 29.5 Å². The minimum atomic E-state index is -0.685. The highest BCUT2D eigenvalue weighted by Gasteiger charge is 2.47. The molecule has 3 nitrogen and oxygen atoms in total. The van der Waals surface area contributed by atoms with Crippen molar-refractivity contribution >= 4 is 5.91 Å². The smallest absolute Gasteiger partial charge is 0.254 e. The first-order valence-corrected chi connectivity index (χ1v) is 6.13. The molecular formula is C13H25NO2. The number of carbonyl (C=O) groups is 1. The van der Waals surface area contributed by atoms with Crippen molar-refractivity contribution in [1.29, 1.82) is 0 Å². The number of carbonyl (C=O) groups excluding carboxylic acids is 1. The second-order valence-corrected chi connectivity index (χ2v) is 5.99. The summed E-state index contributed by atoms with van der Waals surface area (Å²) in [5.74, 6) is 0.919. The Balaban J connectivity index is 3.03. The molecule has 16 heavy (non-hydrogen) atoms. The molecule has 1 aliphatic rings. The van der Waals surface area contributed by atoms with Crippen LogP contribution in [0.2, 0.25) is 0 Å². The van der Waals surface area contributed by atoms with Crippen LogP contribution < -0.4 is 0 Å². The van der Waals surface area contributed by atoms with Gasteiger partial charge in [-0.05, 0) is 25.7 Å². The Morgan fingerprint density at radius 2 is 1.69 bits per heavy atom. The number of nitrogens with zero attached hydrogens (tertiary/aromatic N) is 1. The molecular weight excluding hydrogens is 202 g/mol. The molecule has 1 aliphatic heterocycles. The minimum absolute atomic E-state index is 0.0862. The molecule has 0 aromatic rings. The molecule has 1 heterocycles. The highest BCUT2D eigenvalue weighted by Crippen LogP contribution is 2.32. The third kappa shape index (κ3) is 2.24. The van der Waals surface area contributed by atoms with Crippen molar-refractivity contribution in [3.63, 3.8) is 0 Å². The molecule has 2 unspecified atom stereocenters. The maximum Gasteiger partial charge on any atom is 0.254 e. The van der Waals surface area contributed by atoms with Crippen LogP contribution in [0.5, 0.6) is 0 Å². The average Bonchev–Trinajstić information content (AvgIpc) is 2.12. The highest BCUT2D eigenvalue weighted by molar-refractivity contribution is 5.85. The third-order valence-electron chi connectivity index (χ3n) is 3.39. The van der Waals surface area contributed by atoms with Crippen molar-refractivity contribution in [2.75, 3.05) is 7.05 Å². The predicted molar refractivity (Wildman–Crippen MR) is 65.2 cm³/mol. The van der Waals surface area contributed by atoms with Crippen LogP contribution in [0.4, 0.5) is 0 Å². The van der Waals surface area contributed by atoms with Crippen LogP contribution in [0.3, 0.4) is 0 Å². The summed E-state index contributed by atoms with van der Waals surface area (Å²) in [4.78, 5) is 14.0. The molecule has 0 aliphatic carbocycles. The van der Waals surface area contributed by atoms with Crippen molar-refractivity contribution in [2.24, 2.45) is 11.8 Å². The molecule has 0 spiro atoms. The fourth-order valence-corrected chi connectivity index (χ4v) is 2.60. The van der Waals surface area contributed by atoms with Crippen molar-refractivity contribution < 1.29 is 9.53 Å². The van der Waals surface area contributed by atoms with Gasteiger partial charge < -0.3 is 9.64 Å². The zero-order chi connectivity index (χ0) is 12.7. The first-order chi connectivity index (χ1) is 7.18. The lowest BCUT2D eigenvalue weighted by atomic mass is 9.86. The number of rotatable bonds is 2. The van der Waals surface area contributed by atoms with E-state index in [9.17, 15) is 4.79 Å². The molecule has 1 amide bonds. The van der Waals surface area contributed by atoms with Gasteiger partial charge in [0.2, 0.25) is 0 Å². The summed E-state index contributed by atoms with van der Waals surface area (Å²) in [6, 6.07) is 0.181. The van der Waals surface area contributed by atoms with Crippen molar-refractivity contribution in [2.45, 2.75) is 59.3 Å².